The van der Waals surface area contributed by atoms with Gasteiger partial charge < -0.3 is 20.5 Å². The van der Waals surface area contributed by atoms with Crippen molar-refractivity contribution in [3.05, 3.63) is 23.5 Å². The molecule has 0 heterocycles. The number of amides is 1. The Morgan fingerprint density at radius 2 is 1.75 bits per heavy atom. The molecule has 24 heavy (non-hydrogen) atoms. The molecule has 1 aromatic rings. The number of rotatable bonds is 8. The van der Waals surface area contributed by atoms with E-state index in [-0.39, 0.29) is 24.9 Å². The van der Waals surface area contributed by atoms with Crippen LogP contribution in [0.2, 0.25) is 0 Å². The third kappa shape index (κ3) is 4.51. The zero-order valence-electron chi connectivity index (χ0n) is 14.9. The molecule has 0 aliphatic rings. The molecule has 0 bridgehead atoms. The number of hydrogen-bond donors (Lipinski definition) is 2. The van der Waals surface area contributed by atoms with Crippen molar-refractivity contribution in [3.63, 3.8) is 0 Å². The Morgan fingerprint density at radius 1 is 1.25 bits per heavy atom. The number of nitrogens with one attached hydrogen (secondary N) is 1. The van der Waals surface area contributed by atoms with Gasteiger partial charge in [-0.2, -0.15) is 0 Å². The summed E-state index contributed by atoms with van der Waals surface area (Å²) in [6.45, 7) is 5.84. The first-order chi connectivity index (χ1) is 10.9. The predicted octanol–water partition coefficient (Wildman–Crippen LogP) is 3.21. The zero-order chi connectivity index (χ0) is 17.6. The Labute approximate surface area is 149 Å². The maximum absolute atomic E-state index is 14.3. The lowest BCUT2D eigenvalue weighted by Gasteiger charge is -2.30. The number of methoxy groups -OCH3 is 2. The van der Waals surface area contributed by atoms with Crippen LogP contribution >= 0.6 is 12.4 Å². The first kappa shape index (κ1) is 22.5. The van der Waals surface area contributed by atoms with Crippen LogP contribution in [-0.4, -0.2) is 26.7 Å². The summed E-state index contributed by atoms with van der Waals surface area (Å²) in [7, 11) is 2.93. The smallest absolute Gasteiger partial charge is 0.227 e. The van der Waals surface area contributed by atoms with Gasteiger partial charge in [0, 0.05) is 18.2 Å². The molecule has 1 rings (SSSR count). The van der Waals surface area contributed by atoms with Gasteiger partial charge in [-0.25, -0.2) is 4.39 Å². The number of benzene rings is 1. The zero-order valence-corrected chi connectivity index (χ0v) is 15.8. The van der Waals surface area contributed by atoms with Gasteiger partial charge in [-0.15, -0.1) is 12.4 Å². The average molecular weight is 363 g/mol. The third-order valence-electron chi connectivity index (χ3n) is 4.54. The second-order valence-electron chi connectivity index (χ2n) is 5.62. The molecule has 0 aliphatic heterocycles. The van der Waals surface area contributed by atoms with E-state index < -0.39 is 17.3 Å². The second kappa shape index (κ2) is 9.69. The monoisotopic (exact) mass is 362 g/mol. The quantitative estimate of drug-likeness (QED) is 0.744. The van der Waals surface area contributed by atoms with Crippen LogP contribution in [0.4, 0.5) is 4.39 Å². The van der Waals surface area contributed by atoms with Gasteiger partial charge >= 0.3 is 0 Å². The minimum Gasteiger partial charge on any atom is -0.493 e. The normalized spacial score (nSPS) is 12.1. The Morgan fingerprint density at radius 3 is 2.17 bits per heavy atom. The van der Waals surface area contributed by atoms with Gasteiger partial charge in [-0.1, -0.05) is 13.8 Å². The minimum absolute atomic E-state index is 0. The van der Waals surface area contributed by atoms with Gasteiger partial charge in [0.2, 0.25) is 5.91 Å². The van der Waals surface area contributed by atoms with E-state index in [0.717, 1.165) is 0 Å². The van der Waals surface area contributed by atoms with Crippen molar-refractivity contribution < 1.29 is 18.7 Å². The number of hydrogen-bond acceptors (Lipinski definition) is 4. The standard InChI is InChI=1S/C17H27FN2O3.ClH/c1-6-17(7-2,10-19)16(21)20-11(3)12-8-14(22-4)15(23-5)9-13(12)18;/h8-9,11H,6-7,10,19H2,1-5H3,(H,20,21);1H. The molecule has 3 N–H and O–H groups in total. The lowest BCUT2D eigenvalue weighted by atomic mass is 9.81. The highest BCUT2D eigenvalue weighted by Gasteiger charge is 2.34. The van der Waals surface area contributed by atoms with Crippen LogP contribution in [0.25, 0.3) is 0 Å². The highest BCUT2D eigenvalue weighted by atomic mass is 35.5. The summed E-state index contributed by atoms with van der Waals surface area (Å²) in [5.41, 5.74) is 5.50. The fraction of sp³-hybridized carbons (Fsp3) is 0.588. The van der Waals surface area contributed by atoms with E-state index in [2.05, 4.69) is 5.32 Å². The van der Waals surface area contributed by atoms with Gasteiger partial charge in [0.15, 0.2) is 11.5 Å². The van der Waals surface area contributed by atoms with Crippen LogP contribution in [0.5, 0.6) is 11.5 Å². The first-order valence-corrected chi connectivity index (χ1v) is 7.81. The number of nitrogens with two attached hydrogens (primary N) is 1. The van der Waals surface area contributed by atoms with Crippen LogP contribution in [0.3, 0.4) is 0 Å². The number of carbonyl (C=O) groups excluding carboxylic acids is 1. The largest absolute Gasteiger partial charge is 0.493 e. The molecule has 1 unspecified atom stereocenters. The molecule has 1 atom stereocenters. The lowest BCUT2D eigenvalue weighted by Crippen LogP contribution is -2.46. The van der Waals surface area contributed by atoms with E-state index >= 15 is 0 Å². The Bertz CT molecular complexity index is 543. The van der Waals surface area contributed by atoms with Crippen molar-refractivity contribution in [3.8, 4) is 11.5 Å². The van der Waals surface area contributed by atoms with Gasteiger partial charge in [0.1, 0.15) is 5.82 Å². The first-order valence-electron chi connectivity index (χ1n) is 7.81. The molecule has 0 spiro atoms. The summed E-state index contributed by atoms with van der Waals surface area (Å²) in [4.78, 5) is 12.6. The maximum atomic E-state index is 14.3. The summed E-state index contributed by atoms with van der Waals surface area (Å²) in [6.07, 6.45) is 1.26. The fourth-order valence-electron chi connectivity index (χ4n) is 2.58. The minimum atomic E-state index is -0.624. The van der Waals surface area contributed by atoms with Crippen LogP contribution in [0.1, 0.15) is 45.2 Å². The molecular weight excluding hydrogens is 335 g/mol. The Balaban J connectivity index is 0.00000529. The Kier molecular flexibility index (Phi) is 9.07. The predicted molar refractivity (Wildman–Crippen MR) is 95.4 cm³/mol. The molecule has 0 aromatic heterocycles. The third-order valence-corrected chi connectivity index (χ3v) is 4.54. The van der Waals surface area contributed by atoms with Crippen molar-refractivity contribution in [2.24, 2.45) is 11.1 Å². The molecule has 0 aliphatic carbocycles. The van der Waals surface area contributed by atoms with E-state index in [4.69, 9.17) is 15.2 Å². The van der Waals surface area contributed by atoms with Gasteiger partial charge in [0.05, 0.1) is 25.7 Å². The van der Waals surface area contributed by atoms with Gasteiger partial charge in [-0.3, -0.25) is 4.79 Å². The fourth-order valence-corrected chi connectivity index (χ4v) is 2.58. The van der Waals surface area contributed by atoms with E-state index in [0.29, 0.717) is 29.9 Å². The van der Waals surface area contributed by atoms with Crippen molar-refractivity contribution >= 4 is 18.3 Å². The molecule has 1 aromatic carbocycles. The van der Waals surface area contributed by atoms with E-state index in [1.807, 2.05) is 13.8 Å². The Hall–Kier alpha value is -1.53. The number of carbonyl (C=O) groups is 1. The van der Waals surface area contributed by atoms with E-state index in [1.54, 1.807) is 13.0 Å². The summed E-state index contributed by atoms with van der Waals surface area (Å²) in [6, 6.07) is 2.29. The molecule has 7 heteroatoms. The molecule has 1 amide bonds. The SMILES string of the molecule is CCC(CC)(CN)C(=O)NC(C)c1cc(OC)c(OC)cc1F.Cl. The van der Waals surface area contributed by atoms with Crippen molar-refractivity contribution in [1.29, 1.82) is 0 Å². The van der Waals surface area contributed by atoms with Crippen LogP contribution in [-0.2, 0) is 4.79 Å². The van der Waals surface area contributed by atoms with E-state index in [1.165, 1.54) is 20.3 Å². The molecule has 0 saturated heterocycles. The number of halogens is 2. The average Bonchev–Trinajstić information content (AvgIpc) is 2.56. The summed E-state index contributed by atoms with van der Waals surface area (Å²) >= 11 is 0. The highest BCUT2D eigenvalue weighted by Crippen LogP contribution is 2.33. The van der Waals surface area contributed by atoms with Crippen LogP contribution in [0, 0.1) is 11.2 Å². The maximum Gasteiger partial charge on any atom is 0.227 e. The van der Waals surface area contributed by atoms with Crippen molar-refractivity contribution in [2.45, 2.75) is 39.7 Å². The lowest BCUT2D eigenvalue weighted by molar-refractivity contribution is -0.131. The van der Waals surface area contributed by atoms with Crippen LogP contribution in [0.15, 0.2) is 12.1 Å². The molecule has 5 nitrogen and oxygen atoms in total. The molecule has 0 fully saturated rings. The van der Waals surface area contributed by atoms with Gasteiger partial charge in [0.25, 0.3) is 0 Å². The molecule has 0 saturated carbocycles. The number of ether oxygens (including phenoxy) is 2. The van der Waals surface area contributed by atoms with Crippen molar-refractivity contribution in [1.82, 2.24) is 5.32 Å². The summed E-state index contributed by atoms with van der Waals surface area (Å²) < 4.78 is 24.5. The van der Waals surface area contributed by atoms with E-state index in [9.17, 15) is 9.18 Å². The highest BCUT2D eigenvalue weighted by molar-refractivity contribution is 5.85. The topological polar surface area (TPSA) is 73.6 Å². The van der Waals surface area contributed by atoms with Crippen molar-refractivity contribution in [2.75, 3.05) is 20.8 Å². The summed E-state index contributed by atoms with van der Waals surface area (Å²) in [5.74, 6) is 0.111. The molecule has 138 valence electrons. The summed E-state index contributed by atoms with van der Waals surface area (Å²) in [5, 5.41) is 2.86. The molecular formula is C17H28ClFN2O3. The van der Waals surface area contributed by atoms with Crippen LogP contribution < -0.4 is 20.5 Å². The van der Waals surface area contributed by atoms with Gasteiger partial charge in [-0.05, 0) is 25.8 Å². The second-order valence-corrected chi connectivity index (χ2v) is 5.62. The molecule has 0 radical (unpaired) electrons.